The lowest BCUT2D eigenvalue weighted by atomic mass is 10.1. The topological polar surface area (TPSA) is 75.3 Å². The van der Waals surface area contributed by atoms with Crippen molar-refractivity contribution in [2.24, 2.45) is 5.73 Å². The first kappa shape index (κ1) is 12.3. The Morgan fingerprint density at radius 3 is 2.76 bits per heavy atom. The molecule has 0 aromatic carbocycles. The van der Waals surface area contributed by atoms with Gasteiger partial charge in [0, 0.05) is 31.3 Å². The van der Waals surface area contributed by atoms with Crippen molar-refractivity contribution in [3.8, 4) is 0 Å². The van der Waals surface area contributed by atoms with Crippen LogP contribution < -0.4 is 10.6 Å². The zero-order chi connectivity index (χ0) is 12.3. The van der Waals surface area contributed by atoms with Gasteiger partial charge in [0.05, 0.1) is 12.6 Å². The summed E-state index contributed by atoms with van der Waals surface area (Å²) in [6, 6.07) is -0.392. The molecule has 1 unspecified atom stereocenters. The Morgan fingerprint density at radius 1 is 1.47 bits per heavy atom. The van der Waals surface area contributed by atoms with Gasteiger partial charge in [-0.25, -0.2) is 9.97 Å². The van der Waals surface area contributed by atoms with Gasteiger partial charge in [0.15, 0.2) is 0 Å². The summed E-state index contributed by atoms with van der Waals surface area (Å²) in [4.78, 5) is 11.1. The molecule has 5 nitrogen and oxygen atoms in total. The minimum Gasteiger partial charge on any atom is -0.394 e. The van der Waals surface area contributed by atoms with Gasteiger partial charge in [-0.15, -0.1) is 0 Å². The highest BCUT2D eigenvalue weighted by Gasteiger charge is 2.21. The molecular formula is C12H20N4O. The molecule has 5 heteroatoms. The third kappa shape index (κ3) is 2.56. The lowest BCUT2D eigenvalue weighted by Gasteiger charge is -2.22. The third-order valence-corrected chi connectivity index (χ3v) is 3.16. The Hall–Kier alpha value is -1.20. The highest BCUT2D eigenvalue weighted by atomic mass is 16.3. The number of nitrogens with two attached hydrogens (primary N) is 1. The lowest BCUT2D eigenvalue weighted by Crippen LogP contribution is -2.25. The number of aryl methyl sites for hydroxylation is 1. The average molecular weight is 236 g/mol. The SMILES string of the molecule is CCc1ncc(C(N)CO)c(N2CCCC2)n1. The number of rotatable bonds is 4. The van der Waals surface area contributed by atoms with E-state index < -0.39 is 6.04 Å². The molecule has 17 heavy (non-hydrogen) atoms. The fourth-order valence-corrected chi connectivity index (χ4v) is 2.13. The van der Waals surface area contributed by atoms with Gasteiger partial charge in [0.25, 0.3) is 0 Å². The lowest BCUT2D eigenvalue weighted by molar-refractivity contribution is 0.267. The van der Waals surface area contributed by atoms with Crippen LogP contribution in [0.3, 0.4) is 0 Å². The first-order valence-corrected chi connectivity index (χ1v) is 6.23. The van der Waals surface area contributed by atoms with Crippen LogP contribution in [0.15, 0.2) is 6.20 Å². The van der Waals surface area contributed by atoms with Gasteiger partial charge in [-0.3, -0.25) is 0 Å². The van der Waals surface area contributed by atoms with E-state index in [1.54, 1.807) is 6.20 Å². The van der Waals surface area contributed by atoms with Crippen LogP contribution in [0.2, 0.25) is 0 Å². The summed E-state index contributed by atoms with van der Waals surface area (Å²) in [5, 5.41) is 9.18. The van der Waals surface area contributed by atoms with Gasteiger partial charge in [0.1, 0.15) is 11.6 Å². The predicted octanol–water partition coefficient (Wildman–Crippen LogP) is 0.631. The molecule has 0 bridgehead atoms. The number of aliphatic hydroxyl groups is 1. The van der Waals surface area contributed by atoms with Crippen molar-refractivity contribution in [2.75, 3.05) is 24.6 Å². The van der Waals surface area contributed by atoms with E-state index >= 15 is 0 Å². The van der Waals surface area contributed by atoms with Crippen LogP contribution >= 0.6 is 0 Å². The first-order valence-electron chi connectivity index (χ1n) is 6.23. The van der Waals surface area contributed by atoms with Crippen molar-refractivity contribution < 1.29 is 5.11 Å². The number of hydrogen-bond donors (Lipinski definition) is 2. The molecule has 3 N–H and O–H groups in total. The van der Waals surface area contributed by atoms with E-state index in [1.807, 2.05) is 6.92 Å². The smallest absolute Gasteiger partial charge is 0.137 e. The highest BCUT2D eigenvalue weighted by molar-refractivity contribution is 5.48. The van der Waals surface area contributed by atoms with Crippen LogP contribution in [0.4, 0.5) is 5.82 Å². The second-order valence-corrected chi connectivity index (χ2v) is 4.40. The predicted molar refractivity (Wildman–Crippen MR) is 66.9 cm³/mol. The van der Waals surface area contributed by atoms with Crippen molar-refractivity contribution >= 4 is 5.82 Å². The molecule has 94 valence electrons. The minimum atomic E-state index is -0.392. The number of aliphatic hydroxyl groups excluding tert-OH is 1. The third-order valence-electron chi connectivity index (χ3n) is 3.16. The van der Waals surface area contributed by atoms with E-state index in [0.717, 1.165) is 36.7 Å². The Morgan fingerprint density at radius 2 is 2.18 bits per heavy atom. The van der Waals surface area contributed by atoms with Gasteiger partial charge < -0.3 is 15.7 Å². The summed E-state index contributed by atoms with van der Waals surface area (Å²) in [7, 11) is 0. The number of hydrogen-bond acceptors (Lipinski definition) is 5. The fraction of sp³-hybridized carbons (Fsp3) is 0.667. The van der Waals surface area contributed by atoms with Crippen LogP contribution in [-0.2, 0) is 6.42 Å². The summed E-state index contributed by atoms with van der Waals surface area (Å²) >= 11 is 0. The van der Waals surface area contributed by atoms with E-state index in [-0.39, 0.29) is 6.61 Å². The maximum atomic E-state index is 9.18. The zero-order valence-electron chi connectivity index (χ0n) is 10.3. The average Bonchev–Trinajstić information content (AvgIpc) is 2.91. The van der Waals surface area contributed by atoms with E-state index in [1.165, 1.54) is 12.8 Å². The van der Waals surface area contributed by atoms with Crippen molar-refractivity contribution in [2.45, 2.75) is 32.2 Å². The van der Waals surface area contributed by atoms with Crippen molar-refractivity contribution in [1.29, 1.82) is 0 Å². The van der Waals surface area contributed by atoms with Crippen LogP contribution in [0, 0.1) is 0 Å². The fourth-order valence-electron chi connectivity index (χ4n) is 2.13. The van der Waals surface area contributed by atoms with Crippen LogP contribution in [0.25, 0.3) is 0 Å². The van der Waals surface area contributed by atoms with Gasteiger partial charge in [-0.05, 0) is 12.8 Å². The molecule has 1 aromatic rings. The summed E-state index contributed by atoms with van der Waals surface area (Å²) in [5.74, 6) is 1.75. The molecule has 0 radical (unpaired) electrons. The largest absolute Gasteiger partial charge is 0.394 e. The van der Waals surface area contributed by atoms with E-state index in [4.69, 9.17) is 5.73 Å². The second kappa shape index (κ2) is 5.42. The summed E-state index contributed by atoms with van der Waals surface area (Å²) < 4.78 is 0. The number of nitrogens with zero attached hydrogens (tertiary/aromatic N) is 3. The summed E-state index contributed by atoms with van der Waals surface area (Å²) in [5.41, 5.74) is 6.75. The monoisotopic (exact) mass is 236 g/mol. The molecule has 0 saturated carbocycles. The Balaban J connectivity index is 2.36. The zero-order valence-corrected chi connectivity index (χ0v) is 10.3. The van der Waals surface area contributed by atoms with E-state index in [2.05, 4.69) is 14.9 Å². The Bertz CT molecular complexity index is 377. The minimum absolute atomic E-state index is 0.0737. The first-order chi connectivity index (χ1) is 8.26. The molecule has 1 fully saturated rings. The maximum absolute atomic E-state index is 9.18. The van der Waals surface area contributed by atoms with Crippen LogP contribution in [0.1, 0.15) is 37.2 Å². The summed E-state index contributed by atoms with van der Waals surface area (Å²) in [6.07, 6.45) is 4.97. The summed E-state index contributed by atoms with van der Waals surface area (Å²) in [6.45, 7) is 4.00. The van der Waals surface area contributed by atoms with Gasteiger partial charge in [-0.1, -0.05) is 6.92 Å². The molecule has 1 aromatic heterocycles. The number of aromatic nitrogens is 2. The molecule has 2 heterocycles. The quantitative estimate of drug-likeness (QED) is 0.802. The standard InChI is InChI=1S/C12H20N4O/c1-2-11-14-7-9(10(13)8-17)12(15-11)16-5-3-4-6-16/h7,10,17H,2-6,8,13H2,1H3. The van der Waals surface area contributed by atoms with E-state index in [9.17, 15) is 5.11 Å². The molecule has 2 rings (SSSR count). The molecule has 1 saturated heterocycles. The molecule has 1 aliphatic heterocycles. The molecule has 0 amide bonds. The van der Waals surface area contributed by atoms with Gasteiger partial charge in [-0.2, -0.15) is 0 Å². The van der Waals surface area contributed by atoms with Gasteiger partial charge in [0.2, 0.25) is 0 Å². The van der Waals surface area contributed by atoms with Gasteiger partial charge >= 0.3 is 0 Å². The molecule has 0 aliphatic carbocycles. The Kier molecular flexibility index (Phi) is 3.91. The van der Waals surface area contributed by atoms with E-state index in [0.29, 0.717) is 0 Å². The normalized spacial score (nSPS) is 17.5. The molecule has 1 aliphatic rings. The molecular weight excluding hydrogens is 216 g/mol. The highest BCUT2D eigenvalue weighted by Crippen LogP contribution is 2.25. The Labute approximate surface area is 102 Å². The molecule has 0 spiro atoms. The van der Waals surface area contributed by atoms with Crippen molar-refractivity contribution in [3.05, 3.63) is 17.6 Å². The van der Waals surface area contributed by atoms with Crippen LogP contribution in [-0.4, -0.2) is 34.8 Å². The van der Waals surface area contributed by atoms with Crippen LogP contribution in [0.5, 0.6) is 0 Å². The van der Waals surface area contributed by atoms with Crippen molar-refractivity contribution in [3.63, 3.8) is 0 Å². The second-order valence-electron chi connectivity index (χ2n) is 4.40. The maximum Gasteiger partial charge on any atom is 0.137 e. The van der Waals surface area contributed by atoms with Crippen molar-refractivity contribution in [1.82, 2.24) is 9.97 Å². The number of anilines is 1. The molecule has 1 atom stereocenters.